The predicted octanol–water partition coefficient (Wildman–Crippen LogP) is 3.43. The van der Waals surface area contributed by atoms with Crippen molar-refractivity contribution < 1.29 is 26.6 Å². The summed E-state index contributed by atoms with van der Waals surface area (Å²) < 4.78 is 25.1. The number of rotatable bonds is 5. The quantitative estimate of drug-likeness (QED) is 0.248. The van der Waals surface area contributed by atoms with E-state index >= 15 is 0 Å². The van der Waals surface area contributed by atoms with Crippen LogP contribution in [0.25, 0.3) is 0 Å². The molecule has 3 rings (SSSR count). The number of amides is 2. The molecule has 0 radical (unpaired) electrons. The Morgan fingerprint density at radius 2 is 1.53 bits per heavy atom. The molecule has 0 aliphatic rings. The van der Waals surface area contributed by atoms with Crippen molar-refractivity contribution in [1.82, 2.24) is 0 Å². The first-order valence-electron chi connectivity index (χ1n) is 9.27. The zero-order valence-electron chi connectivity index (χ0n) is 17.3. The van der Waals surface area contributed by atoms with Gasteiger partial charge in [-0.1, -0.05) is 34.1 Å². The summed E-state index contributed by atoms with van der Waals surface area (Å²) in [6.45, 7) is 1.27. The van der Waals surface area contributed by atoms with Crippen LogP contribution in [0, 0.1) is 0 Å². The van der Waals surface area contributed by atoms with Crippen molar-refractivity contribution in [3.63, 3.8) is 0 Å². The van der Waals surface area contributed by atoms with E-state index in [9.17, 15) is 17.4 Å². The average Bonchev–Trinajstić information content (AvgIpc) is 2.79. The maximum Gasteiger partial charge on any atom is 0.258 e. The Labute approximate surface area is 196 Å². The summed E-state index contributed by atoms with van der Waals surface area (Å²) in [7, 11) is 1.78. The van der Waals surface area contributed by atoms with Gasteiger partial charge in [0.1, 0.15) is 0 Å². The van der Waals surface area contributed by atoms with Crippen LogP contribution in [-0.4, -0.2) is 42.4 Å². The summed E-state index contributed by atoms with van der Waals surface area (Å²) in [5.41, 5.74) is 1.73. The second-order valence-electron chi connectivity index (χ2n) is 6.51. The number of nitrogens with one attached hydrogen (secondary N) is 1. The molecule has 0 aliphatic heterocycles. The molecule has 0 bridgehead atoms. The summed E-state index contributed by atoms with van der Waals surface area (Å²) >= 11 is -1.57. The minimum absolute atomic E-state index is 0.0105. The zero-order valence-corrected chi connectivity index (χ0v) is 20.8. The van der Waals surface area contributed by atoms with Gasteiger partial charge in [0.15, 0.2) is 0 Å². The molecule has 168 valence electrons. The van der Waals surface area contributed by atoms with Gasteiger partial charge in [-0.3, -0.25) is 4.79 Å². The minimum Gasteiger partial charge on any atom is -0.311 e. The normalized spacial score (nSPS) is 12.0. The van der Waals surface area contributed by atoms with Crippen LogP contribution in [-0.2, 0) is 12.4 Å². The number of benzene rings is 3. The molecule has 3 aromatic rings. The van der Waals surface area contributed by atoms with E-state index in [1.54, 1.807) is 18.0 Å². The Kier molecular flexibility index (Phi) is 9.43. The number of hydrogen-bond acceptors (Lipinski definition) is 5. The van der Waals surface area contributed by atoms with Gasteiger partial charge in [-0.15, -0.1) is 0 Å². The fourth-order valence-electron chi connectivity index (χ4n) is 2.61. The third-order valence-corrected chi connectivity index (χ3v) is 7.26. The molecule has 1 atom stereocenters. The van der Waals surface area contributed by atoms with E-state index in [0.29, 0.717) is 5.56 Å². The number of anilines is 2. The molecule has 2 amide bonds. The summed E-state index contributed by atoms with van der Waals surface area (Å²) in [6.07, 6.45) is 0. The molecule has 0 aromatic heterocycles. The summed E-state index contributed by atoms with van der Waals surface area (Å²) in [6, 6.07) is 22.8. The van der Waals surface area contributed by atoms with Gasteiger partial charge >= 0.3 is 88.4 Å². The van der Waals surface area contributed by atoms with Crippen LogP contribution < -0.4 is 14.6 Å². The molecule has 0 fully saturated rings. The molecule has 0 spiro atoms. The van der Waals surface area contributed by atoms with Gasteiger partial charge in [-0.25, -0.2) is 0 Å². The third kappa shape index (κ3) is 7.19. The number of halogens is 1. The molecule has 0 aliphatic carbocycles. The van der Waals surface area contributed by atoms with E-state index in [2.05, 4.69) is 25.1 Å². The van der Waals surface area contributed by atoms with Crippen LogP contribution in [0.3, 0.4) is 0 Å². The number of hydrogen-bond donors (Lipinski definition) is 3. The average molecular weight is 565 g/mol. The fraction of sp³-hybridized carbons (Fsp3) is 0.0909. The van der Waals surface area contributed by atoms with E-state index in [1.165, 1.54) is 25.1 Å². The van der Waals surface area contributed by atoms with Gasteiger partial charge in [0.25, 0.3) is 5.91 Å². The number of para-hydroxylation sites is 2. The summed E-state index contributed by atoms with van der Waals surface area (Å²) in [5, 5.41) is 10.7. The Balaban J connectivity index is 0.000000229. The fourth-order valence-corrected chi connectivity index (χ4v) is 4.55. The van der Waals surface area contributed by atoms with Gasteiger partial charge in [0.05, 0.1) is 0 Å². The monoisotopic (exact) mass is 564 g/mol. The van der Waals surface area contributed by atoms with Crippen LogP contribution in [0.1, 0.15) is 17.3 Å². The first kappa shape index (κ1) is 25.6. The van der Waals surface area contributed by atoms with Crippen LogP contribution in [0.4, 0.5) is 11.4 Å². The molecule has 32 heavy (non-hydrogen) atoms. The molecule has 8 nitrogen and oxygen atoms in total. The van der Waals surface area contributed by atoms with Crippen LogP contribution in [0.2, 0.25) is 0 Å². The largest absolute Gasteiger partial charge is 0.311 e. The molecule has 10 heteroatoms. The molecule has 3 aromatic carbocycles. The minimum atomic E-state index is -4.92. The Morgan fingerprint density at radius 3 is 2.09 bits per heavy atom. The smallest absolute Gasteiger partial charge is 0.258 e. The van der Waals surface area contributed by atoms with Crippen molar-refractivity contribution in [3.8, 4) is 0 Å². The van der Waals surface area contributed by atoms with Gasteiger partial charge < -0.3 is 4.90 Å². The molecule has 0 heterocycles. The van der Waals surface area contributed by atoms with Crippen molar-refractivity contribution in [2.24, 2.45) is 0 Å². The van der Waals surface area contributed by atoms with E-state index in [-0.39, 0.29) is 21.9 Å². The van der Waals surface area contributed by atoms with Gasteiger partial charge in [-0.2, -0.15) is 0 Å². The summed E-state index contributed by atoms with van der Waals surface area (Å²) in [5.74, 6) is -0.389. The number of carbonyl (C=O) groups excluding carboxylic acids is 2. The van der Waals surface area contributed by atoms with Crippen molar-refractivity contribution in [2.45, 2.75) is 6.92 Å². The molecule has 0 saturated heterocycles. The molecule has 1 unspecified atom stereocenters. The Bertz CT molecular complexity index is 1110. The van der Waals surface area contributed by atoms with Crippen molar-refractivity contribution >= 4 is 57.6 Å². The first-order chi connectivity index (χ1) is 15.2. The SMILES string of the molecule is CC(=O)Nc1ccccc1[As](=O)(O)OO.CN(C(=O)c1ccc(Br)cc1)c1ccccc1. The van der Waals surface area contributed by atoms with Crippen molar-refractivity contribution in [1.29, 1.82) is 0 Å². The first-order valence-corrected chi connectivity index (χ1v) is 13.4. The molecule has 0 saturated carbocycles. The van der Waals surface area contributed by atoms with E-state index in [0.717, 1.165) is 10.2 Å². The second kappa shape index (κ2) is 11.8. The maximum atomic E-state index is 12.2. The number of carbonyl (C=O) groups is 2. The van der Waals surface area contributed by atoms with Gasteiger partial charge in [-0.05, 0) is 36.4 Å². The van der Waals surface area contributed by atoms with Crippen LogP contribution >= 0.6 is 15.9 Å². The maximum absolute atomic E-state index is 12.2. The molecular formula is C22H22AsBrN2O6. The third-order valence-electron chi connectivity index (χ3n) is 4.17. The second-order valence-corrected chi connectivity index (χ2v) is 11.0. The Hall–Kier alpha value is -2.68. The summed E-state index contributed by atoms with van der Waals surface area (Å²) in [4.78, 5) is 24.6. The van der Waals surface area contributed by atoms with E-state index in [4.69, 9.17) is 5.26 Å². The van der Waals surface area contributed by atoms with Gasteiger partial charge in [0, 0.05) is 22.8 Å². The van der Waals surface area contributed by atoms with Gasteiger partial charge in [0.2, 0.25) is 0 Å². The Morgan fingerprint density at radius 1 is 0.969 bits per heavy atom. The van der Waals surface area contributed by atoms with Crippen molar-refractivity contribution in [3.05, 3.63) is 88.9 Å². The molecule has 3 N–H and O–H groups in total. The standard InChI is InChI=1S/C14H12BrNO.C8H10AsNO5/c1-16(13-5-3-2-4-6-13)14(17)11-7-9-12(15)10-8-11;1-6(11)10-8-5-3-2-4-7(8)9(12,13)15-14/h2-10H,1H3;2-5,14H,1H3,(H,10,11)(H,12,13). The topological polar surface area (TPSA) is 116 Å². The van der Waals surface area contributed by atoms with Crippen molar-refractivity contribution in [2.75, 3.05) is 17.3 Å². The van der Waals surface area contributed by atoms with Crippen LogP contribution in [0.15, 0.2) is 83.3 Å². The number of nitrogens with zero attached hydrogens (tertiary/aromatic N) is 1. The zero-order chi connectivity index (χ0) is 23.7. The van der Waals surface area contributed by atoms with Crippen LogP contribution in [0.5, 0.6) is 0 Å². The predicted molar refractivity (Wildman–Crippen MR) is 126 cm³/mol. The van der Waals surface area contributed by atoms with E-state index < -0.39 is 14.2 Å². The molecular weight excluding hydrogens is 543 g/mol. The van der Waals surface area contributed by atoms with E-state index in [1.807, 2.05) is 54.6 Å².